The average molecular weight is 971 g/mol. The molecule has 0 spiro atoms. The third-order valence-corrected chi connectivity index (χ3v) is 18.1. The Bertz CT molecular complexity index is 4710. The van der Waals surface area contributed by atoms with Crippen LogP contribution in [-0.4, -0.2) is 0 Å². The van der Waals surface area contributed by atoms with Crippen LogP contribution in [0, 0.1) is 0 Å². The number of hydrogen-bond donors (Lipinski definition) is 0. The molecule has 0 aliphatic carbocycles. The molecule has 0 aliphatic heterocycles. The molecule has 0 aliphatic rings. The van der Waals surface area contributed by atoms with Crippen molar-refractivity contribution in [3.8, 4) is 55.6 Å². The minimum atomic E-state index is 1.23. The van der Waals surface area contributed by atoms with Gasteiger partial charge >= 0.3 is 0 Å². The van der Waals surface area contributed by atoms with Gasteiger partial charge in [-0.15, -0.1) is 22.7 Å². The molecule has 0 unspecified atom stereocenters. The first-order valence-electron chi connectivity index (χ1n) is 25.5. The number of thiophene rings is 2. The molecule has 16 aromatic rings. The summed E-state index contributed by atoms with van der Waals surface area (Å²) in [5.41, 5.74) is 12.5. The van der Waals surface area contributed by atoms with Crippen molar-refractivity contribution >= 4 is 128 Å². The predicted molar refractivity (Wildman–Crippen MR) is 324 cm³/mol. The summed E-state index contributed by atoms with van der Waals surface area (Å²) in [7, 11) is 0. The molecule has 0 atom stereocenters. The molecular weight excluding hydrogens is 929 g/mol. The fourth-order valence-corrected chi connectivity index (χ4v) is 15.0. The fourth-order valence-electron chi connectivity index (χ4n) is 12.7. The van der Waals surface area contributed by atoms with E-state index in [1.54, 1.807) is 0 Å². The third-order valence-electron chi connectivity index (χ3n) is 15.9. The van der Waals surface area contributed by atoms with Crippen LogP contribution in [0.3, 0.4) is 0 Å². The highest BCUT2D eigenvalue weighted by atomic mass is 32.1. The summed E-state index contributed by atoms with van der Waals surface area (Å²) < 4.78 is 5.23. The topological polar surface area (TPSA) is 0 Å². The van der Waals surface area contributed by atoms with Crippen molar-refractivity contribution in [3.05, 3.63) is 255 Å². The molecule has 2 heteroatoms. The summed E-state index contributed by atoms with van der Waals surface area (Å²) in [6, 6.07) is 96.1. The van der Waals surface area contributed by atoms with Crippen molar-refractivity contribution < 1.29 is 0 Å². The second-order valence-corrected chi connectivity index (χ2v) is 21.9. The largest absolute Gasteiger partial charge is 0.135 e. The summed E-state index contributed by atoms with van der Waals surface area (Å²) in [6.45, 7) is 0. The number of benzene rings is 14. The Labute approximate surface area is 435 Å². The van der Waals surface area contributed by atoms with Crippen LogP contribution in [0.25, 0.3) is 161 Å². The molecule has 2 heterocycles. The van der Waals surface area contributed by atoms with Crippen LogP contribution < -0.4 is 0 Å². The molecule has 2 aromatic heterocycles. The highest BCUT2D eigenvalue weighted by Crippen LogP contribution is 2.52. The molecule has 16 rings (SSSR count). The minimum Gasteiger partial charge on any atom is -0.135 e. The van der Waals surface area contributed by atoms with Crippen molar-refractivity contribution in [2.45, 2.75) is 0 Å². The van der Waals surface area contributed by atoms with Gasteiger partial charge < -0.3 is 0 Å². The van der Waals surface area contributed by atoms with Gasteiger partial charge in [0.05, 0.1) is 0 Å². The highest BCUT2D eigenvalue weighted by Gasteiger charge is 2.24. The molecule has 0 bridgehead atoms. The standard InChI is InChI=1S/C72H42S2/c1-3-21-45-43(17-1)19-9-25-47(45)49-27-11-31-55-61(49)41-62-50(48-26-10-20-44-18-2-4-22-46(44)48)28-12-32-56(62)71(55)72-57-33-13-29-51(53-35-15-39-67-69(53)59-23-5-7-37-65(59)73-67)63(57)42-64-52(30-14-34-58(64)72)54-36-16-40-68-70(54)60-24-6-8-38-66(60)74-68/h1-42H. The van der Waals surface area contributed by atoms with E-state index in [1.165, 1.54) is 161 Å². The summed E-state index contributed by atoms with van der Waals surface area (Å²) in [6.07, 6.45) is 0. The maximum atomic E-state index is 2.54. The van der Waals surface area contributed by atoms with Gasteiger partial charge in [0.2, 0.25) is 0 Å². The van der Waals surface area contributed by atoms with Crippen LogP contribution >= 0.6 is 22.7 Å². The van der Waals surface area contributed by atoms with Crippen LogP contribution in [-0.2, 0) is 0 Å². The molecule has 0 N–H and O–H groups in total. The lowest BCUT2D eigenvalue weighted by Gasteiger charge is -2.22. The lowest BCUT2D eigenvalue weighted by Crippen LogP contribution is -1.95. The second-order valence-electron chi connectivity index (χ2n) is 19.7. The molecular formula is C72H42S2. The zero-order valence-corrected chi connectivity index (χ0v) is 41.7. The van der Waals surface area contributed by atoms with E-state index >= 15 is 0 Å². The van der Waals surface area contributed by atoms with Gasteiger partial charge in [0.1, 0.15) is 0 Å². The number of fused-ring (bicyclic) bond motifs is 12. The van der Waals surface area contributed by atoms with E-state index in [2.05, 4.69) is 255 Å². The quantitative estimate of drug-likeness (QED) is 0.151. The van der Waals surface area contributed by atoms with Crippen molar-refractivity contribution in [2.75, 3.05) is 0 Å². The van der Waals surface area contributed by atoms with Gasteiger partial charge in [-0.05, 0) is 157 Å². The molecule has 342 valence electrons. The Hall–Kier alpha value is -8.92. The third kappa shape index (κ3) is 6.13. The van der Waals surface area contributed by atoms with Gasteiger partial charge in [-0.25, -0.2) is 0 Å². The van der Waals surface area contributed by atoms with Gasteiger partial charge in [0.15, 0.2) is 0 Å². The minimum absolute atomic E-state index is 1.23. The molecule has 0 fully saturated rings. The fraction of sp³-hybridized carbons (Fsp3) is 0. The van der Waals surface area contributed by atoms with Gasteiger partial charge in [0, 0.05) is 40.3 Å². The van der Waals surface area contributed by atoms with Crippen LogP contribution in [0.15, 0.2) is 255 Å². The molecule has 0 radical (unpaired) electrons. The van der Waals surface area contributed by atoms with Gasteiger partial charge in [0.25, 0.3) is 0 Å². The summed E-state index contributed by atoms with van der Waals surface area (Å²) in [4.78, 5) is 0. The van der Waals surface area contributed by atoms with E-state index in [-0.39, 0.29) is 0 Å². The molecule has 0 saturated carbocycles. The monoisotopic (exact) mass is 970 g/mol. The Morgan fingerprint density at radius 3 is 0.838 bits per heavy atom. The normalized spacial score (nSPS) is 12.1. The van der Waals surface area contributed by atoms with Crippen LogP contribution in [0.1, 0.15) is 0 Å². The smallest absolute Gasteiger partial charge is 0.0361 e. The Kier molecular flexibility index (Phi) is 9.18. The first kappa shape index (κ1) is 41.7. The van der Waals surface area contributed by atoms with E-state index in [9.17, 15) is 0 Å². The molecule has 14 aromatic carbocycles. The zero-order valence-electron chi connectivity index (χ0n) is 40.1. The SMILES string of the molecule is c1ccc2c(-c3cccc4c(-c5c6cccc(-c7cccc8sc9ccccc9c78)c6cc6c(-c7cccc8sc9ccccc9c78)cccc56)c5cccc(-c6cccc7ccccc67)c5cc34)cccc2c1. The van der Waals surface area contributed by atoms with Crippen LogP contribution in [0.5, 0.6) is 0 Å². The van der Waals surface area contributed by atoms with E-state index in [0.717, 1.165) is 0 Å². The summed E-state index contributed by atoms with van der Waals surface area (Å²) in [5.74, 6) is 0. The van der Waals surface area contributed by atoms with E-state index in [4.69, 9.17) is 0 Å². The summed E-state index contributed by atoms with van der Waals surface area (Å²) in [5, 5.41) is 20.1. The number of hydrogen-bond acceptors (Lipinski definition) is 2. The number of rotatable bonds is 5. The second kappa shape index (κ2) is 16.3. The zero-order chi connectivity index (χ0) is 48.4. The highest BCUT2D eigenvalue weighted by molar-refractivity contribution is 7.26. The maximum Gasteiger partial charge on any atom is 0.0361 e. The van der Waals surface area contributed by atoms with Gasteiger partial charge in [-0.1, -0.05) is 218 Å². The van der Waals surface area contributed by atoms with E-state index in [1.807, 2.05) is 22.7 Å². The average Bonchev–Trinajstić information content (AvgIpc) is 4.05. The van der Waals surface area contributed by atoms with Gasteiger partial charge in [-0.2, -0.15) is 0 Å². The van der Waals surface area contributed by atoms with Gasteiger partial charge in [-0.3, -0.25) is 0 Å². The Morgan fingerprint density at radius 1 is 0.176 bits per heavy atom. The molecule has 0 nitrogen and oxygen atoms in total. The Morgan fingerprint density at radius 2 is 0.432 bits per heavy atom. The van der Waals surface area contributed by atoms with Crippen LogP contribution in [0.2, 0.25) is 0 Å². The molecule has 0 amide bonds. The first-order chi connectivity index (χ1) is 36.7. The lowest BCUT2D eigenvalue weighted by atomic mass is 9.81. The van der Waals surface area contributed by atoms with E-state index < -0.39 is 0 Å². The summed E-state index contributed by atoms with van der Waals surface area (Å²) >= 11 is 3.77. The van der Waals surface area contributed by atoms with Crippen molar-refractivity contribution in [3.63, 3.8) is 0 Å². The molecule has 0 saturated heterocycles. The Balaban J connectivity index is 1.11. The van der Waals surface area contributed by atoms with Crippen molar-refractivity contribution in [1.82, 2.24) is 0 Å². The van der Waals surface area contributed by atoms with Crippen molar-refractivity contribution in [1.29, 1.82) is 0 Å². The van der Waals surface area contributed by atoms with Crippen molar-refractivity contribution in [2.24, 2.45) is 0 Å². The van der Waals surface area contributed by atoms with Crippen LogP contribution in [0.4, 0.5) is 0 Å². The predicted octanol–water partition coefficient (Wildman–Crippen LogP) is 21.7. The first-order valence-corrected chi connectivity index (χ1v) is 27.1. The lowest BCUT2D eigenvalue weighted by molar-refractivity contribution is 1.67. The molecule has 74 heavy (non-hydrogen) atoms. The maximum absolute atomic E-state index is 2.54. The van der Waals surface area contributed by atoms with E-state index in [0.29, 0.717) is 0 Å².